The minimum Gasteiger partial charge on any atom is -0.392 e. The molecule has 4 heteroatoms. The zero-order valence-corrected chi connectivity index (χ0v) is 8.69. The van der Waals surface area contributed by atoms with Gasteiger partial charge in [0.2, 0.25) is 0 Å². The number of halogens is 1. The van der Waals surface area contributed by atoms with E-state index in [1.54, 1.807) is 12.1 Å². The molecule has 0 unspecified atom stereocenters. The fourth-order valence-electron chi connectivity index (χ4n) is 1.30. The monoisotopic (exact) mass is 223 g/mol. The largest absolute Gasteiger partial charge is 0.392 e. The van der Waals surface area contributed by atoms with Gasteiger partial charge in [-0.25, -0.2) is 0 Å². The average Bonchev–Trinajstić information content (AvgIpc) is 2.61. The van der Waals surface area contributed by atoms with Crippen LogP contribution in [0.25, 0.3) is 10.1 Å². The third-order valence-electron chi connectivity index (χ3n) is 1.94. The highest BCUT2D eigenvalue weighted by Gasteiger charge is 2.06. The second-order valence-electron chi connectivity index (χ2n) is 2.87. The van der Waals surface area contributed by atoms with Gasteiger partial charge in [0.1, 0.15) is 10.9 Å². The summed E-state index contributed by atoms with van der Waals surface area (Å²) in [6.45, 7) is -0.0323. The maximum atomic E-state index is 8.97. The highest BCUT2D eigenvalue weighted by atomic mass is 35.5. The molecule has 0 atom stereocenters. The molecule has 0 radical (unpaired) electrons. The van der Waals surface area contributed by atoms with E-state index in [1.165, 1.54) is 11.3 Å². The molecule has 1 aromatic carbocycles. The number of thiophene rings is 1. The van der Waals surface area contributed by atoms with Crippen molar-refractivity contribution in [3.05, 3.63) is 33.7 Å². The second-order valence-corrected chi connectivity index (χ2v) is 4.36. The van der Waals surface area contributed by atoms with Crippen LogP contribution in [0, 0.1) is 11.3 Å². The zero-order chi connectivity index (χ0) is 10.1. The fraction of sp³-hybridized carbons (Fsp3) is 0.100. The van der Waals surface area contributed by atoms with E-state index in [4.69, 9.17) is 22.0 Å². The molecule has 0 spiro atoms. The summed E-state index contributed by atoms with van der Waals surface area (Å²) < 4.78 is 0.943. The van der Waals surface area contributed by atoms with Gasteiger partial charge in [0.05, 0.1) is 6.61 Å². The molecule has 1 heterocycles. The lowest BCUT2D eigenvalue weighted by atomic mass is 10.2. The Hall–Kier alpha value is -1.08. The minimum absolute atomic E-state index is 0.0323. The van der Waals surface area contributed by atoms with Gasteiger partial charge in [0.15, 0.2) is 0 Å². The number of nitrogens with zero attached hydrogens (tertiary/aromatic N) is 1. The number of aliphatic hydroxyl groups is 1. The second kappa shape index (κ2) is 3.58. The third-order valence-corrected chi connectivity index (χ3v) is 3.24. The number of aliphatic hydroxyl groups excluding tert-OH is 1. The van der Waals surface area contributed by atoms with Crippen LogP contribution in [0.5, 0.6) is 0 Å². The molecule has 2 aromatic rings. The summed E-state index contributed by atoms with van der Waals surface area (Å²) in [5, 5.41) is 19.2. The SMILES string of the molecule is N#Cc1cc2c(Cl)cc(CO)cc2s1. The van der Waals surface area contributed by atoms with Crippen molar-refractivity contribution in [3.63, 3.8) is 0 Å². The van der Waals surface area contributed by atoms with Gasteiger partial charge < -0.3 is 5.11 Å². The Morgan fingerprint density at radius 2 is 2.21 bits per heavy atom. The minimum atomic E-state index is -0.0323. The molecule has 0 aliphatic carbocycles. The molecule has 0 aliphatic rings. The average molecular weight is 224 g/mol. The van der Waals surface area contributed by atoms with Gasteiger partial charge >= 0.3 is 0 Å². The topological polar surface area (TPSA) is 44.0 Å². The van der Waals surface area contributed by atoms with Crippen molar-refractivity contribution >= 4 is 33.0 Å². The third kappa shape index (κ3) is 1.48. The molecule has 0 saturated carbocycles. The fourth-order valence-corrected chi connectivity index (χ4v) is 2.60. The van der Waals surface area contributed by atoms with Crippen LogP contribution in [-0.4, -0.2) is 5.11 Å². The molecule has 1 N–H and O–H groups in total. The lowest BCUT2D eigenvalue weighted by Gasteiger charge is -1.98. The number of hydrogen-bond acceptors (Lipinski definition) is 3. The molecular formula is C10H6ClNOS. The van der Waals surface area contributed by atoms with Crippen molar-refractivity contribution in [2.75, 3.05) is 0 Å². The van der Waals surface area contributed by atoms with Gasteiger partial charge in [0.25, 0.3) is 0 Å². The van der Waals surface area contributed by atoms with E-state index in [2.05, 4.69) is 6.07 Å². The number of benzene rings is 1. The van der Waals surface area contributed by atoms with Crippen LogP contribution in [0.3, 0.4) is 0 Å². The van der Waals surface area contributed by atoms with E-state index >= 15 is 0 Å². The van der Waals surface area contributed by atoms with Gasteiger partial charge in [-0.3, -0.25) is 0 Å². The van der Waals surface area contributed by atoms with Crippen molar-refractivity contribution in [1.82, 2.24) is 0 Å². The van der Waals surface area contributed by atoms with E-state index in [9.17, 15) is 0 Å². The summed E-state index contributed by atoms with van der Waals surface area (Å²) in [5.41, 5.74) is 0.772. The highest BCUT2D eigenvalue weighted by Crippen LogP contribution is 2.32. The van der Waals surface area contributed by atoms with Gasteiger partial charge in [-0.15, -0.1) is 11.3 Å². The summed E-state index contributed by atoms with van der Waals surface area (Å²) in [5.74, 6) is 0. The van der Waals surface area contributed by atoms with Crippen LogP contribution in [-0.2, 0) is 6.61 Å². The molecular weight excluding hydrogens is 218 g/mol. The molecule has 2 nitrogen and oxygen atoms in total. The Bertz CT molecular complexity index is 527. The Balaban J connectivity index is 2.75. The molecule has 70 valence electrons. The summed E-state index contributed by atoms with van der Waals surface area (Å²) in [6, 6.07) is 7.42. The lowest BCUT2D eigenvalue weighted by molar-refractivity contribution is 0.282. The first-order chi connectivity index (χ1) is 6.74. The summed E-state index contributed by atoms with van der Waals surface area (Å²) in [7, 11) is 0. The summed E-state index contributed by atoms with van der Waals surface area (Å²) in [4.78, 5) is 0.636. The first kappa shape index (κ1) is 9.47. The molecule has 2 rings (SSSR count). The Morgan fingerprint density at radius 3 is 2.86 bits per heavy atom. The molecule has 0 amide bonds. The van der Waals surface area contributed by atoms with Crippen molar-refractivity contribution < 1.29 is 5.11 Å². The number of rotatable bonds is 1. The van der Waals surface area contributed by atoms with Gasteiger partial charge in [0, 0.05) is 15.1 Å². The van der Waals surface area contributed by atoms with E-state index in [1.807, 2.05) is 6.07 Å². The van der Waals surface area contributed by atoms with Gasteiger partial charge in [-0.2, -0.15) is 5.26 Å². The van der Waals surface area contributed by atoms with Crippen molar-refractivity contribution in [2.24, 2.45) is 0 Å². The quantitative estimate of drug-likeness (QED) is 0.808. The van der Waals surface area contributed by atoms with Crippen LogP contribution < -0.4 is 0 Å². The first-order valence-corrected chi connectivity index (χ1v) is 5.17. The smallest absolute Gasteiger partial charge is 0.110 e. The van der Waals surface area contributed by atoms with Crippen LogP contribution in [0.15, 0.2) is 18.2 Å². The van der Waals surface area contributed by atoms with Crippen LogP contribution in [0.2, 0.25) is 5.02 Å². The van der Waals surface area contributed by atoms with Gasteiger partial charge in [-0.05, 0) is 23.8 Å². The highest BCUT2D eigenvalue weighted by molar-refractivity contribution is 7.19. The maximum Gasteiger partial charge on any atom is 0.110 e. The predicted molar refractivity (Wildman–Crippen MR) is 57.5 cm³/mol. The summed E-state index contributed by atoms with van der Waals surface area (Å²) >= 11 is 7.38. The molecule has 0 saturated heterocycles. The van der Waals surface area contributed by atoms with Crippen molar-refractivity contribution in [1.29, 1.82) is 5.26 Å². The van der Waals surface area contributed by atoms with E-state index in [0.717, 1.165) is 15.6 Å². The molecule has 1 aromatic heterocycles. The zero-order valence-electron chi connectivity index (χ0n) is 7.12. The van der Waals surface area contributed by atoms with Gasteiger partial charge in [-0.1, -0.05) is 11.6 Å². The van der Waals surface area contributed by atoms with E-state index in [0.29, 0.717) is 9.90 Å². The van der Waals surface area contributed by atoms with E-state index < -0.39 is 0 Å². The standard InChI is InChI=1S/C10H6ClNOS/c11-9-1-6(5-13)2-10-8(9)3-7(4-12)14-10/h1-3,13H,5H2. The number of nitriles is 1. The molecule has 0 aliphatic heterocycles. The van der Waals surface area contributed by atoms with Crippen LogP contribution in [0.1, 0.15) is 10.4 Å². The Kier molecular flexibility index (Phi) is 2.42. The van der Waals surface area contributed by atoms with E-state index in [-0.39, 0.29) is 6.61 Å². The van der Waals surface area contributed by atoms with Crippen LogP contribution >= 0.6 is 22.9 Å². The maximum absolute atomic E-state index is 8.97. The molecule has 0 fully saturated rings. The van der Waals surface area contributed by atoms with Crippen LogP contribution in [0.4, 0.5) is 0 Å². The Labute approximate surface area is 90.0 Å². The first-order valence-electron chi connectivity index (χ1n) is 3.97. The Morgan fingerprint density at radius 1 is 1.43 bits per heavy atom. The lowest BCUT2D eigenvalue weighted by Crippen LogP contribution is -1.81. The number of fused-ring (bicyclic) bond motifs is 1. The normalized spacial score (nSPS) is 10.4. The number of hydrogen-bond donors (Lipinski definition) is 1. The van der Waals surface area contributed by atoms with Crippen molar-refractivity contribution in [3.8, 4) is 6.07 Å². The molecule has 0 bridgehead atoms. The predicted octanol–water partition coefficient (Wildman–Crippen LogP) is 2.92. The summed E-state index contributed by atoms with van der Waals surface area (Å²) in [6.07, 6.45) is 0. The van der Waals surface area contributed by atoms with Crippen molar-refractivity contribution in [2.45, 2.75) is 6.61 Å². The molecule has 14 heavy (non-hydrogen) atoms.